The van der Waals surface area contributed by atoms with Gasteiger partial charge in [0.2, 0.25) is 0 Å². The summed E-state index contributed by atoms with van der Waals surface area (Å²) in [4.78, 5) is 57.8. The normalized spacial score (nSPS) is 5.42. The van der Waals surface area contributed by atoms with E-state index in [1.807, 2.05) is 0 Å². The second-order valence-electron chi connectivity index (χ2n) is 1.57. The van der Waals surface area contributed by atoms with Crippen molar-refractivity contribution >= 4 is 0 Å². The van der Waals surface area contributed by atoms with Crippen LogP contribution in [0.3, 0.4) is 0 Å². The van der Waals surface area contributed by atoms with Gasteiger partial charge in [-0.2, -0.15) is 0 Å². The van der Waals surface area contributed by atoms with E-state index in [0.29, 0.717) is 0 Å². The Kier molecular flexibility index (Phi) is 115. The first-order valence-corrected chi connectivity index (χ1v) is 3.83. The minimum Gasteiger partial charge on any atom is -0.369 e. The largest absolute Gasteiger partial charge is 0.369 e. The maximum absolute atomic E-state index is 8.25. The van der Waals surface area contributed by atoms with Crippen molar-refractivity contribution in [1.82, 2.24) is 12.3 Å². The summed E-state index contributed by atoms with van der Waals surface area (Å²) in [5.74, 6) is 0. The van der Waals surface area contributed by atoms with Crippen LogP contribution in [0.1, 0.15) is 0 Å². The minimum absolute atomic E-state index is 0. The molecule has 188 valence electrons. The van der Waals surface area contributed by atoms with E-state index in [4.69, 9.17) is 107 Å². The Labute approximate surface area is 196 Å². The maximum Gasteiger partial charge on any atom is 0.0689 e. The zero-order valence-corrected chi connectivity index (χ0v) is 17.3. The van der Waals surface area contributed by atoms with Crippen LogP contribution in [0.25, 0.3) is 0 Å². The van der Waals surface area contributed by atoms with Gasteiger partial charge in [-0.15, -0.1) is 0 Å². The first-order valence-electron chi connectivity index (χ1n) is 3.83. The molecule has 0 aliphatic rings. The molecule has 0 fully saturated rings. The van der Waals surface area contributed by atoms with E-state index in [2.05, 4.69) is 0 Å². The third-order valence-electron chi connectivity index (χ3n) is 0. The van der Waals surface area contributed by atoms with Gasteiger partial charge < -0.3 is 120 Å². The molecule has 31 heteroatoms. The van der Waals surface area contributed by atoms with Gasteiger partial charge in [-0.1, -0.05) is 0 Å². The molecule has 0 saturated carbocycles. The van der Waals surface area contributed by atoms with E-state index in [1.165, 1.54) is 0 Å². The Morgan fingerprint density at radius 3 is 0.258 bits per heavy atom. The van der Waals surface area contributed by atoms with Crippen LogP contribution in [0.2, 0.25) is 0 Å². The second kappa shape index (κ2) is 56.2. The summed E-state index contributed by atoms with van der Waals surface area (Å²) in [5, 5.41) is 103. The zero-order valence-electron chi connectivity index (χ0n) is 14.2. The van der Waals surface area contributed by atoms with Gasteiger partial charge in [0.05, 0.1) is 35.6 Å². The molecule has 0 radical (unpaired) electrons. The van der Waals surface area contributed by atoms with E-state index in [-0.39, 0.29) is 54.0 Å². The maximum atomic E-state index is 8.25. The first kappa shape index (κ1) is 63.2. The van der Waals surface area contributed by atoms with Crippen LogP contribution in [0.4, 0.5) is 0 Å². The fourth-order valence-corrected chi connectivity index (χ4v) is 0. The van der Waals surface area contributed by atoms with Crippen LogP contribution in [0, 0.1) is 149 Å². The molecular weight excluding hydrogens is 602 g/mol. The Morgan fingerprint density at radius 1 is 0.258 bits per heavy atom. The Morgan fingerprint density at radius 2 is 0.258 bits per heavy atom. The van der Waals surface area contributed by atoms with Gasteiger partial charge in [0.25, 0.3) is 0 Å². The summed E-state index contributed by atoms with van der Waals surface area (Å²) < 4.78 is 0. The molecule has 0 unspecified atom stereocenters. The summed E-state index contributed by atoms with van der Waals surface area (Å²) in [5.41, 5.74) is 0. The van der Waals surface area contributed by atoms with E-state index < -0.39 is 35.6 Å². The molecule has 0 rings (SSSR count). The van der Waals surface area contributed by atoms with Gasteiger partial charge in [-0.25, -0.2) is 0 Å². The quantitative estimate of drug-likeness (QED) is 0.247. The molecule has 0 atom stereocenters. The van der Waals surface area contributed by atoms with Crippen molar-refractivity contribution in [2.24, 2.45) is 0 Å². The molecule has 8 N–H and O–H groups in total. The van der Waals surface area contributed by atoms with E-state index in [0.717, 1.165) is 0 Å². The standard InChI is InChI=1S/Ce.7NO3.2H3N/c;7*2-1(3)4;;/h;;;;;;;;2*1H3/q;7*-1;;/p+2. The van der Waals surface area contributed by atoms with Gasteiger partial charge in [0, 0.05) is 41.7 Å². The third-order valence-corrected chi connectivity index (χ3v) is 0. The van der Waals surface area contributed by atoms with Crippen LogP contribution in [0.5, 0.6) is 0 Å². The summed E-state index contributed by atoms with van der Waals surface area (Å²) in [7, 11) is 0. The Bertz CT molecular complexity index is 312. The SMILES string of the molecule is O=[N+]([O-])[O-].O=[N+]([O-])[O-].O=[N+]([O-])[O-].O=[N+]([O-])[O-].O=[N+]([O-])[O-].O=[N+]([O-])[O-].O=[N+]([O-])[O-].[Ce].[NH4+].[NH4+]. The Balaban J connectivity index is -0.0000000204. The molecule has 0 aromatic rings. The molecule has 0 saturated heterocycles. The number of quaternary nitrogens is 2. The predicted octanol–water partition coefficient (Wildman–Crippen LogP) is -0.921. The van der Waals surface area contributed by atoms with Crippen molar-refractivity contribution in [1.29, 1.82) is 0 Å². The van der Waals surface area contributed by atoms with Crippen LogP contribution in [-0.4, -0.2) is 35.6 Å². The molecule has 0 aliphatic carbocycles. The third kappa shape index (κ3) is 779. The fraction of sp³-hybridized carbons (Fsp3) is 0. The van der Waals surface area contributed by atoms with Crippen molar-refractivity contribution in [3.63, 3.8) is 0 Å². The summed E-state index contributed by atoms with van der Waals surface area (Å²) >= 11 is 0. The van der Waals surface area contributed by atoms with E-state index in [1.54, 1.807) is 0 Å². The Hall–Kier alpha value is -4.30. The van der Waals surface area contributed by atoms with Gasteiger partial charge in [0.1, 0.15) is 0 Å². The van der Waals surface area contributed by atoms with Gasteiger partial charge in [-0.05, 0) is 0 Å². The smallest absolute Gasteiger partial charge is 0.0689 e. The van der Waals surface area contributed by atoms with Gasteiger partial charge in [0.15, 0.2) is 0 Å². The summed E-state index contributed by atoms with van der Waals surface area (Å²) in [6.45, 7) is 0. The molecule has 0 amide bonds. The van der Waals surface area contributed by atoms with Crippen LogP contribution >= 0.6 is 0 Å². The molecule has 0 spiro atoms. The molecule has 0 heterocycles. The van der Waals surface area contributed by atoms with Crippen LogP contribution in [-0.2, 0) is 0 Å². The van der Waals surface area contributed by atoms with Crippen LogP contribution in [0.15, 0.2) is 0 Å². The molecule has 0 bridgehead atoms. The number of hydrogen-bond donors (Lipinski definition) is 2. The van der Waals surface area contributed by atoms with Gasteiger partial charge in [-0.3, -0.25) is 0 Å². The number of rotatable bonds is 0. The molecule has 0 aromatic carbocycles. The molecule has 0 aliphatic heterocycles. The zero-order chi connectivity index (χ0) is 25.0. The second-order valence-corrected chi connectivity index (χ2v) is 1.57. The van der Waals surface area contributed by atoms with Crippen LogP contribution < -0.4 is 12.3 Å². The number of nitrogens with zero attached hydrogens (tertiary/aromatic N) is 7. The average molecular weight is 610 g/mol. The van der Waals surface area contributed by atoms with Crippen molar-refractivity contribution in [3.05, 3.63) is 107 Å². The molecular formula is H8CeN9O21-5. The van der Waals surface area contributed by atoms with Crippen molar-refractivity contribution < 1.29 is 77.4 Å². The van der Waals surface area contributed by atoms with E-state index >= 15 is 0 Å². The van der Waals surface area contributed by atoms with Crippen molar-refractivity contribution in [3.8, 4) is 0 Å². The van der Waals surface area contributed by atoms with Crippen molar-refractivity contribution in [2.75, 3.05) is 0 Å². The number of hydrogen-bond acceptors (Lipinski definition) is 21. The predicted molar refractivity (Wildman–Crippen MR) is 84.5 cm³/mol. The van der Waals surface area contributed by atoms with Gasteiger partial charge >= 0.3 is 0 Å². The summed E-state index contributed by atoms with van der Waals surface area (Å²) in [6.07, 6.45) is 0. The monoisotopic (exact) mass is 610 g/mol. The first-order chi connectivity index (χ1) is 12.1. The van der Waals surface area contributed by atoms with E-state index in [9.17, 15) is 0 Å². The van der Waals surface area contributed by atoms with Crippen molar-refractivity contribution in [2.45, 2.75) is 0 Å². The molecule has 0 aromatic heterocycles. The minimum atomic E-state index is -1.75. The fourth-order valence-electron chi connectivity index (χ4n) is 0. The average Bonchev–Trinajstić information content (AvgIpc) is 2.20. The molecule has 31 heavy (non-hydrogen) atoms. The summed E-state index contributed by atoms with van der Waals surface area (Å²) in [6, 6.07) is 0. The topological polar surface area (TPSA) is 536 Å². The molecule has 30 nitrogen and oxygen atoms in total.